The Morgan fingerprint density at radius 2 is 2.17 bits per heavy atom. The Bertz CT molecular complexity index is 543. The maximum Gasteiger partial charge on any atom is 0.230 e. The number of likely N-dealkylation sites (tertiary alicyclic amines) is 2. The highest BCUT2D eigenvalue weighted by molar-refractivity contribution is 5.84. The number of carbonyl (C=O) groups is 1. The second-order valence-corrected chi connectivity index (χ2v) is 7.15. The molecule has 23 heavy (non-hydrogen) atoms. The average Bonchev–Trinajstić information content (AvgIpc) is 3.23. The van der Waals surface area contributed by atoms with E-state index >= 15 is 0 Å². The molecule has 3 fully saturated rings. The molecule has 0 saturated carbocycles. The molecule has 0 aromatic carbocycles. The van der Waals surface area contributed by atoms with Gasteiger partial charge in [-0.25, -0.2) is 0 Å². The van der Waals surface area contributed by atoms with Gasteiger partial charge in [-0.2, -0.15) is 15.4 Å². The van der Waals surface area contributed by atoms with E-state index in [1.54, 1.807) is 6.20 Å². The van der Waals surface area contributed by atoms with Crippen LogP contribution < -0.4 is 0 Å². The molecule has 0 bridgehead atoms. The molecule has 0 aliphatic carbocycles. The third-order valence-corrected chi connectivity index (χ3v) is 5.68. The lowest BCUT2D eigenvalue weighted by molar-refractivity contribution is -0.150. The monoisotopic (exact) mass is 319 g/mol. The summed E-state index contributed by atoms with van der Waals surface area (Å²) in [5.74, 6) is 0.387. The van der Waals surface area contributed by atoms with E-state index in [0.29, 0.717) is 11.9 Å². The lowest BCUT2D eigenvalue weighted by Crippen LogP contribution is -2.54. The number of H-pyrrole nitrogens is 1. The molecule has 4 heterocycles. The van der Waals surface area contributed by atoms with Crippen LogP contribution in [0.3, 0.4) is 0 Å². The van der Waals surface area contributed by atoms with E-state index in [4.69, 9.17) is 4.74 Å². The Labute approximate surface area is 136 Å². The zero-order chi connectivity index (χ0) is 15.7. The van der Waals surface area contributed by atoms with Gasteiger partial charge in [0, 0.05) is 38.9 Å². The zero-order valence-corrected chi connectivity index (χ0v) is 13.5. The Balaban J connectivity index is 1.44. The first-order valence-electron chi connectivity index (χ1n) is 8.73. The number of aromatic amines is 1. The third kappa shape index (κ3) is 2.87. The SMILES string of the molecule is O=C1N(C2CCOCC2)CCCC12CCN(Cc1cn[nH]n1)C2. The maximum absolute atomic E-state index is 13.2. The van der Waals surface area contributed by atoms with Gasteiger partial charge in [0.1, 0.15) is 0 Å². The molecular weight excluding hydrogens is 294 g/mol. The highest BCUT2D eigenvalue weighted by atomic mass is 16.5. The van der Waals surface area contributed by atoms with Gasteiger partial charge in [0.25, 0.3) is 0 Å². The predicted molar refractivity (Wildman–Crippen MR) is 83.5 cm³/mol. The van der Waals surface area contributed by atoms with E-state index in [0.717, 1.165) is 77.2 Å². The minimum Gasteiger partial charge on any atom is -0.381 e. The van der Waals surface area contributed by atoms with Crippen LogP contribution >= 0.6 is 0 Å². The van der Waals surface area contributed by atoms with Crippen LogP contribution in [0.2, 0.25) is 0 Å². The summed E-state index contributed by atoms with van der Waals surface area (Å²) in [4.78, 5) is 17.7. The van der Waals surface area contributed by atoms with Crippen molar-refractivity contribution in [3.05, 3.63) is 11.9 Å². The smallest absolute Gasteiger partial charge is 0.230 e. The van der Waals surface area contributed by atoms with Crippen molar-refractivity contribution in [1.29, 1.82) is 0 Å². The summed E-state index contributed by atoms with van der Waals surface area (Å²) in [5, 5.41) is 10.7. The van der Waals surface area contributed by atoms with Crippen molar-refractivity contribution in [2.75, 3.05) is 32.8 Å². The van der Waals surface area contributed by atoms with Crippen LogP contribution in [0.25, 0.3) is 0 Å². The van der Waals surface area contributed by atoms with E-state index in [1.807, 2.05) is 0 Å². The summed E-state index contributed by atoms with van der Waals surface area (Å²) in [6.45, 7) is 5.12. The zero-order valence-electron chi connectivity index (χ0n) is 13.5. The first-order chi connectivity index (χ1) is 11.3. The van der Waals surface area contributed by atoms with Gasteiger partial charge in [-0.05, 0) is 38.6 Å². The number of nitrogens with one attached hydrogen (secondary N) is 1. The number of aromatic nitrogens is 3. The van der Waals surface area contributed by atoms with Crippen LogP contribution in [-0.4, -0.2) is 70.0 Å². The quantitative estimate of drug-likeness (QED) is 0.892. The molecule has 3 saturated heterocycles. The van der Waals surface area contributed by atoms with Gasteiger partial charge < -0.3 is 9.64 Å². The summed E-state index contributed by atoms with van der Waals surface area (Å²) in [7, 11) is 0. The molecule has 4 rings (SSSR count). The number of nitrogens with zero attached hydrogens (tertiary/aromatic N) is 4. The summed E-state index contributed by atoms with van der Waals surface area (Å²) in [6, 6.07) is 0.387. The molecular formula is C16H25N5O2. The number of hydrogen-bond acceptors (Lipinski definition) is 5. The lowest BCUT2D eigenvalue weighted by atomic mass is 9.77. The Kier molecular flexibility index (Phi) is 4.07. The molecule has 3 aliphatic heterocycles. The fourth-order valence-electron chi connectivity index (χ4n) is 4.45. The molecule has 1 aromatic heterocycles. The second kappa shape index (κ2) is 6.20. The molecule has 1 spiro atoms. The van der Waals surface area contributed by atoms with Crippen LogP contribution in [0.1, 0.15) is 37.8 Å². The molecule has 7 heteroatoms. The third-order valence-electron chi connectivity index (χ3n) is 5.68. The molecule has 1 N–H and O–H groups in total. The normalized spacial score (nSPS) is 30.4. The number of hydrogen-bond donors (Lipinski definition) is 1. The van der Waals surface area contributed by atoms with Crippen molar-refractivity contribution in [1.82, 2.24) is 25.2 Å². The van der Waals surface area contributed by atoms with Gasteiger partial charge in [0.15, 0.2) is 0 Å². The summed E-state index contributed by atoms with van der Waals surface area (Å²) in [6.07, 6.45) is 6.88. The van der Waals surface area contributed by atoms with Gasteiger partial charge in [-0.1, -0.05) is 0 Å². The van der Waals surface area contributed by atoms with Gasteiger partial charge in [-0.15, -0.1) is 0 Å². The minimum atomic E-state index is -0.166. The first kappa shape index (κ1) is 15.1. The maximum atomic E-state index is 13.2. The highest BCUT2D eigenvalue weighted by Crippen LogP contribution is 2.41. The van der Waals surface area contributed by atoms with Crippen LogP contribution in [0.15, 0.2) is 6.20 Å². The van der Waals surface area contributed by atoms with Crippen LogP contribution in [0.5, 0.6) is 0 Å². The largest absolute Gasteiger partial charge is 0.381 e. The van der Waals surface area contributed by atoms with Crippen molar-refractivity contribution >= 4 is 5.91 Å². The van der Waals surface area contributed by atoms with Crippen LogP contribution in [0.4, 0.5) is 0 Å². The Morgan fingerprint density at radius 1 is 1.30 bits per heavy atom. The van der Waals surface area contributed by atoms with Gasteiger partial charge in [-0.3, -0.25) is 9.69 Å². The van der Waals surface area contributed by atoms with E-state index in [1.165, 1.54) is 0 Å². The van der Waals surface area contributed by atoms with Gasteiger partial charge in [0.05, 0.1) is 17.3 Å². The van der Waals surface area contributed by atoms with E-state index in [-0.39, 0.29) is 5.41 Å². The molecule has 126 valence electrons. The lowest BCUT2D eigenvalue weighted by Gasteiger charge is -2.44. The first-order valence-corrected chi connectivity index (χ1v) is 8.73. The minimum absolute atomic E-state index is 0.166. The average molecular weight is 319 g/mol. The summed E-state index contributed by atoms with van der Waals surface area (Å²) < 4.78 is 5.46. The summed E-state index contributed by atoms with van der Waals surface area (Å²) in [5.41, 5.74) is 0.784. The molecule has 1 unspecified atom stereocenters. The van der Waals surface area contributed by atoms with Crippen LogP contribution in [-0.2, 0) is 16.1 Å². The van der Waals surface area contributed by atoms with Crippen molar-refractivity contribution < 1.29 is 9.53 Å². The number of rotatable bonds is 3. The topological polar surface area (TPSA) is 74.3 Å². The second-order valence-electron chi connectivity index (χ2n) is 7.15. The van der Waals surface area contributed by atoms with Crippen molar-refractivity contribution in [3.63, 3.8) is 0 Å². The van der Waals surface area contributed by atoms with E-state index in [2.05, 4.69) is 25.2 Å². The number of amides is 1. The fourth-order valence-corrected chi connectivity index (χ4v) is 4.45. The Morgan fingerprint density at radius 3 is 2.96 bits per heavy atom. The molecule has 7 nitrogen and oxygen atoms in total. The number of piperidine rings is 1. The molecule has 1 atom stereocenters. The van der Waals surface area contributed by atoms with Crippen LogP contribution in [0, 0.1) is 5.41 Å². The van der Waals surface area contributed by atoms with Crippen molar-refractivity contribution in [2.24, 2.45) is 5.41 Å². The van der Waals surface area contributed by atoms with Gasteiger partial charge >= 0.3 is 0 Å². The number of ether oxygens (including phenoxy) is 1. The number of carbonyl (C=O) groups excluding carboxylic acids is 1. The molecule has 0 radical (unpaired) electrons. The standard InChI is InChI=1S/C16H25N5O2/c22-15-16(4-1-6-21(15)14-2-8-23-9-3-14)5-7-20(12-16)11-13-10-17-19-18-13/h10,14H,1-9,11-12H2,(H,17,18,19). The summed E-state index contributed by atoms with van der Waals surface area (Å²) >= 11 is 0. The van der Waals surface area contributed by atoms with E-state index in [9.17, 15) is 4.79 Å². The molecule has 1 amide bonds. The van der Waals surface area contributed by atoms with Gasteiger partial charge in [0.2, 0.25) is 5.91 Å². The predicted octanol–water partition coefficient (Wildman–Crippen LogP) is 0.798. The highest BCUT2D eigenvalue weighted by Gasteiger charge is 2.49. The van der Waals surface area contributed by atoms with E-state index < -0.39 is 0 Å². The van der Waals surface area contributed by atoms with Crippen molar-refractivity contribution in [2.45, 2.75) is 44.7 Å². The molecule has 1 aromatic rings. The Hall–Kier alpha value is -1.47. The van der Waals surface area contributed by atoms with Crippen molar-refractivity contribution in [3.8, 4) is 0 Å². The fraction of sp³-hybridized carbons (Fsp3) is 0.812. The molecule has 3 aliphatic rings.